The average Bonchev–Trinajstić information content (AvgIpc) is 2.13. The first kappa shape index (κ1) is 12.0. The van der Waals surface area contributed by atoms with E-state index in [9.17, 15) is 8.42 Å². The summed E-state index contributed by atoms with van der Waals surface area (Å²) in [5, 5.41) is 8.00. The largest absolute Gasteiger partial charge is 0.382 e. The molecule has 0 saturated carbocycles. The fourth-order valence-corrected chi connectivity index (χ4v) is 1.85. The van der Waals surface area contributed by atoms with E-state index in [-0.39, 0.29) is 10.9 Å². The first-order chi connectivity index (χ1) is 6.91. The Balaban J connectivity index is 2.98. The second-order valence-electron chi connectivity index (χ2n) is 3.40. The molecule has 0 heterocycles. The van der Waals surface area contributed by atoms with E-state index >= 15 is 0 Å². The van der Waals surface area contributed by atoms with E-state index < -0.39 is 10.0 Å². The van der Waals surface area contributed by atoms with E-state index in [1.807, 2.05) is 6.92 Å². The van der Waals surface area contributed by atoms with Crippen molar-refractivity contribution >= 4 is 15.7 Å². The highest BCUT2D eigenvalue weighted by Gasteiger charge is 2.12. The number of nitrogens with one attached hydrogen (secondary N) is 1. The molecule has 0 aromatic heterocycles. The molecule has 0 fully saturated rings. The van der Waals surface area contributed by atoms with Crippen LogP contribution in [0.25, 0.3) is 0 Å². The van der Waals surface area contributed by atoms with E-state index in [0.717, 1.165) is 0 Å². The Morgan fingerprint density at radius 2 is 2.00 bits per heavy atom. The number of para-hydroxylation sites is 1. The monoisotopic (exact) mass is 229 g/mol. The van der Waals surface area contributed by atoms with Crippen molar-refractivity contribution < 1.29 is 8.42 Å². The standard InChI is InChI=1S/C9H15N3O2S/c1-7(10)6-12-8-4-2-3-5-9(8)15(11,13)14/h2-5,7,12H,6,10H2,1H3,(H2,11,13,14). The Kier molecular flexibility index (Phi) is 3.67. The highest BCUT2D eigenvalue weighted by Crippen LogP contribution is 2.18. The molecule has 5 nitrogen and oxygen atoms in total. The van der Waals surface area contributed by atoms with Crippen LogP contribution in [-0.2, 0) is 10.0 Å². The van der Waals surface area contributed by atoms with Gasteiger partial charge in [-0.25, -0.2) is 13.6 Å². The molecule has 0 aliphatic rings. The third kappa shape index (κ3) is 3.50. The zero-order valence-electron chi connectivity index (χ0n) is 8.47. The Morgan fingerprint density at radius 3 is 2.53 bits per heavy atom. The lowest BCUT2D eigenvalue weighted by atomic mass is 10.3. The second-order valence-corrected chi connectivity index (χ2v) is 4.93. The third-order valence-electron chi connectivity index (χ3n) is 1.81. The Morgan fingerprint density at radius 1 is 1.40 bits per heavy atom. The Hall–Kier alpha value is -1.11. The molecule has 5 N–H and O–H groups in total. The van der Waals surface area contributed by atoms with Gasteiger partial charge in [-0.1, -0.05) is 12.1 Å². The lowest BCUT2D eigenvalue weighted by Crippen LogP contribution is -2.26. The molecule has 15 heavy (non-hydrogen) atoms. The molecule has 6 heteroatoms. The fourth-order valence-electron chi connectivity index (χ4n) is 1.13. The lowest BCUT2D eigenvalue weighted by molar-refractivity contribution is 0.598. The summed E-state index contributed by atoms with van der Waals surface area (Å²) in [7, 11) is -3.68. The number of benzene rings is 1. The van der Waals surface area contributed by atoms with Crippen molar-refractivity contribution in [3.63, 3.8) is 0 Å². The molecule has 0 saturated heterocycles. The number of anilines is 1. The van der Waals surface area contributed by atoms with Crippen molar-refractivity contribution in [1.82, 2.24) is 0 Å². The summed E-state index contributed by atoms with van der Waals surface area (Å²) in [6, 6.07) is 6.41. The molecule has 1 unspecified atom stereocenters. The van der Waals surface area contributed by atoms with E-state index in [4.69, 9.17) is 10.9 Å². The Labute approximate surface area is 89.5 Å². The summed E-state index contributed by atoms with van der Waals surface area (Å²) >= 11 is 0. The van der Waals surface area contributed by atoms with Crippen LogP contribution in [-0.4, -0.2) is 21.0 Å². The average molecular weight is 229 g/mol. The molecule has 0 aliphatic carbocycles. The van der Waals surface area contributed by atoms with Gasteiger partial charge in [-0.05, 0) is 19.1 Å². The van der Waals surface area contributed by atoms with E-state index in [1.165, 1.54) is 6.07 Å². The molecule has 0 amide bonds. The molecular weight excluding hydrogens is 214 g/mol. The van der Waals surface area contributed by atoms with Crippen LogP contribution in [0, 0.1) is 0 Å². The van der Waals surface area contributed by atoms with Gasteiger partial charge in [0.2, 0.25) is 10.0 Å². The smallest absolute Gasteiger partial charge is 0.240 e. The van der Waals surface area contributed by atoms with Crippen LogP contribution in [0.2, 0.25) is 0 Å². The molecule has 0 aliphatic heterocycles. The van der Waals surface area contributed by atoms with Crippen molar-refractivity contribution in [2.75, 3.05) is 11.9 Å². The number of sulfonamides is 1. The number of primary sulfonamides is 1. The highest BCUT2D eigenvalue weighted by atomic mass is 32.2. The van der Waals surface area contributed by atoms with Crippen LogP contribution in [0.5, 0.6) is 0 Å². The van der Waals surface area contributed by atoms with Gasteiger partial charge in [0.15, 0.2) is 0 Å². The number of nitrogens with two attached hydrogens (primary N) is 2. The van der Waals surface area contributed by atoms with Crippen molar-refractivity contribution in [3.05, 3.63) is 24.3 Å². The van der Waals surface area contributed by atoms with Gasteiger partial charge < -0.3 is 11.1 Å². The maximum absolute atomic E-state index is 11.2. The minimum Gasteiger partial charge on any atom is -0.382 e. The number of rotatable bonds is 4. The quantitative estimate of drug-likeness (QED) is 0.681. The molecular formula is C9H15N3O2S. The summed E-state index contributed by atoms with van der Waals surface area (Å²) in [6.45, 7) is 2.32. The van der Waals surface area contributed by atoms with Gasteiger partial charge in [0, 0.05) is 12.6 Å². The van der Waals surface area contributed by atoms with Gasteiger partial charge in [0.1, 0.15) is 4.90 Å². The van der Waals surface area contributed by atoms with Gasteiger partial charge in [-0.2, -0.15) is 0 Å². The molecule has 1 aromatic rings. The summed E-state index contributed by atoms with van der Waals surface area (Å²) in [4.78, 5) is 0.0886. The SMILES string of the molecule is CC(N)CNc1ccccc1S(N)(=O)=O. The predicted octanol–water partition coefficient (Wildman–Crippen LogP) is 0.0931. The normalized spacial score (nSPS) is 13.5. The molecule has 84 valence electrons. The molecule has 1 aromatic carbocycles. The van der Waals surface area contributed by atoms with Gasteiger partial charge in [-0.15, -0.1) is 0 Å². The van der Waals surface area contributed by atoms with Crippen LogP contribution in [0.3, 0.4) is 0 Å². The zero-order valence-corrected chi connectivity index (χ0v) is 9.29. The summed E-state index contributed by atoms with van der Waals surface area (Å²) in [6.07, 6.45) is 0. The third-order valence-corrected chi connectivity index (χ3v) is 2.78. The molecule has 1 rings (SSSR count). The van der Waals surface area contributed by atoms with Crippen molar-refractivity contribution in [3.8, 4) is 0 Å². The maximum atomic E-state index is 11.2. The van der Waals surface area contributed by atoms with Crippen LogP contribution < -0.4 is 16.2 Å². The summed E-state index contributed by atoms with van der Waals surface area (Å²) < 4.78 is 22.4. The highest BCUT2D eigenvalue weighted by molar-refractivity contribution is 7.89. The second kappa shape index (κ2) is 4.61. The molecule has 0 spiro atoms. The topological polar surface area (TPSA) is 98.2 Å². The van der Waals surface area contributed by atoms with Crippen molar-refractivity contribution in [1.29, 1.82) is 0 Å². The zero-order chi connectivity index (χ0) is 11.5. The first-order valence-electron chi connectivity index (χ1n) is 4.52. The van der Waals surface area contributed by atoms with E-state index in [2.05, 4.69) is 5.32 Å². The fraction of sp³-hybridized carbons (Fsp3) is 0.333. The molecule has 0 radical (unpaired) electrons. The number of hydrogen-bond donors (Lipinski definition) is 3. The maximum Gasteiger partial charge on any atom is 0.240 e. The summed E-state index contributed by atoms with van der Waals surface area (Å²) in [5.74, 6) is 0. The predicted molar refractivity (Wildman–Crippen MR) is 60.0 cm³/mol. The van der Waals surface area contributed by atoms with Gasteiger partial charge in [-0.3, -0.25) is 0 Å². The van der Waals surface area contributed by atoms with Crippen LogP contribution in [0.15, 0.2) is 29.2 Å². The first-order valence-corrected chi connectivity index (χ1v) is 6.07. The molecule has 1 atom stereocenters. The van der Waals surface area contributed by atoms with Crippen LogP contribution in [0.1, 0.15) is 6.92 Å². The van der Waals surface area contributed by atoms with Gasteiger partial charge in [0.25, 0.3) is 0 Å². The number of hydrogen-bond acceptors (Lipinski definition) is 4. The summed E-state index contributed by atoms with van der Waals surface area (Å²) in [5.41, 5.74) is 6.04. The minimum atomic E-state index is -3.68. The Bertz CT molecular complexity index is 429. The van der Waals surface area contributed by atoms with E-state index in [0.29, 0.717) is 12.2 Å². The molecule has 0 bridgehead atoms. The van der Waals surface area contributed by atoms with Crippen molar-refractivity contribution in [2.24, 2.45) is 10.9 Å². The lowest BCUT2D eigenvalue weighted by Gasteiger charge is -2.11. The van der Waals surface area contributed by atoms with Crippen LogP contribution >= 0.6 is 0 Å². The van der Waals surface area contributed by atoms with Gasteiger partial charge >= 0.3 is 0 Å². The van der Waals surface area contributed by atoms with E-state index in [1.54, 1.807) is 18.2 Å². The van der Waals surface area contributed by atoms with Crippen molar-refractivity contribution in [2.45, 2.75) is 17.9 Å². The van der Waals surface area contributed by atoms with Gasteiger partial charge in [0.05, 0.1) is 5.69 Å². The van der Waals surface area contributed by atoms with Crippen LogP contribution in [0.4, 0.5) is 5.69 Å². The minimum absolute atomic E-state index is 0.0569.